The Hall–Kier alpha value is -2.15. The lowest BCUT2D eigenvalue weighted by Gasteiger charge is -2.31. The van der Waals surface area contributed by atoms with Gasteiger partial charge in [0.25, 0.3) is 0 Å². The van der Waals surface area contributed by atoms with Gasteiger partial charge in [0.1, 0.15) is 6.04 Å². The first kappa shape index (κ1) is 11.0. The van der Waals surface area contributed by atoms with Crippen LogP contribution in [0.3, 0.4) is 0 Å². The van der Waals surface area contributed by atoms with Crippen molar-refractivity contribution in [3.63, 3.8) is 0 Å². The summed E-state index contributed by atoms with van der Waals surface area (Å²) in [5.74, 6) is -0.162. The van der Waals surface area contributed by atoms with Crippen LogP contribution in [0.1, 0.15) is 0 Å². The van der Waals surface area contributed by atoms with Crippen LogP contribution in [-0.2, 0) is 4.79 Å². The molecule has 0 spiro atoms. The maximum absolute atomic E-state index is 11.0. The van der Waals surface area contributed by atoms with Gasteiger partial charge in [0, 0.05) is 25.8 Å². The topological polar surface area (TPSA) is 94.1 Å². The number of piperazine rings is 1. The number of anilines is 1. The van der Waals surface area contributed by atoms with Gasteiger partial charge in [-0.25, -0.2) is 4.98 Å². The van der Waals surface area contributed by atoms with E-state index in [4.69, 9.17) is 5.11 Å². The number of aromatic amines is 1. The Labute approximate surface area is 103 Å². The van der Waals surface area contributed by atoms with Crippen LogP contribution in [0.5, 0.6) is 0 Å². The van der Waals surface area contributed by atoms with Crippen LogP contribution in [0.2, 0.25) is 0 Å². The molecule has 0 bridgehead atoms. The maximum Gasteiger partial charge on any atom is 0.322 e. The molecule has 1 aliphatic rings. The van der Waals surface area contributed by atoms with Crippen LogP contribution in [0, 0.1) is 0 Å². The van der Waals surface area contributed by atoms with Gasteiger partial charge in [-0.3, -0.25) is 4.79 Å². The molecule has 0 unspecified atom stereocenters. The molecule has 2 aromatic heterocycles. The Morgan fingerprint density at radius 2 is 2.44 bits per heavy atom. The zero-order chi connectivity index (χ0) is 12.5. The molecule has 7 heteroatoms. The third-order valence-corrected chi connectivity index (χ3v) is 3.02. The molecule has 0 aromatic carbocycles. The third-order valence-electron chi connectivity index (χ3n) is 3.02. The first-order valence-corrected chi connectivity index (χ1v) is 5.76. The second-order valence-corrected chi connectivity index (χ2v) is 4.23. The fraction of sp³-hybridized carbons (Fsp3) is 0.364. The summed E-state index contributed by atoms with van der Waals surface area (Å²) in [5, 5.41) is 12.0. The highest BCUT2D eigenvalue weighted by molar-refractivity contribution is 5.76. The lowest BCUT2D eigenvalue weighted by atomic mass is 10.2. The molecule has 3 rings (SSSR count). The highest BCUT2D eigenvalue weighted by atomic mass is 16.4. The van der Waals surface area contributed by atoms with E-state index < -0.39 is 12.0 Å². The minimum Gasteiger partial charge on any atom is -0.480 e. The van der Waals surface area contributed by atoms with Gasteiger partial charge in [0.15, 0.2) is 5.65 Å². The van der Waals surface area contributed by atoms with Crippen LogP contribution in [-0.4, -0.2) is 51.7 Å². The molecule has 94 valence electrons. The van der Waals surface area contributed by atoms with Crippen molar-refractivity contribution in [3.8, 4) is 0 Å². The van der Waals surface area contributed by atoms with Crippen LogP contribution >= 0.6 is 0 Å². The molecule has 7 nitrogen and oxygen atoms in total. The number of carboxylic acid groups (broad SMARTS) is 1. The van der Waals surface area contributed by atoms with E-state index >= 15 is 0 Å². The average Bonchev–Trinajstić information content (AvgIpc) is 2.82. The highest BCUT2D eigenvalue weighted by Crippen LogP contribution is 2.16. The smallest absolute Gasteiger partial charge is 0.322 e. The van der Waals surface area contributed by atoms with E-state index in [1.807, 2.05) is 17.0 Å². The SMILES string of the molecule is O=C(O)[C@H]1CN(c2nc3ncccc3[nH]2)CCN1. The molecule has 3 heterocycles. The summed E-state index contributed by atoms with van der Waals surface area (Å²) < 4.78 is 0. The van der Waals surface area contributed by atoms with Gasteiger partial charge in [-0.2, -0.15) is 4.98 Å². The number of aliphatic carboxylic acids is 1. The van der Waals surface area contributed by atoms with Gasteiger partial charge in [0.05, 0.1) is 5.52 Å². The summed E-state index contributed by atoms with van der Waals surface area (Å²) in [4.78, 5) is 24.6. The Bertz CT molecular complexity index is 549. The molecule has 1 saturated heterocycles. The van der Waals surface area contributed by atoms with E-state index in [1.54, 1.807) is 6.20 Å². The maximum atomic E-state index is 11.0. The van der Waals surface area contributed by atoms with E-state index in [2.05, 4.69) is 20.3 Å². The number of fused-ring (bicyclic) bond motifs is 1. The molecular weight excluding hydrogens is 234 g/mol. The molecular formula is C11H13N5O2. The van der Waals surface area contributed by atoms with Crippen molar-refractivity contribution in [2.24, 2.45) is 0 Å². The van der Waals surface area contributed by atoms with E-state index in [0.29, 0.717) is 24.7 Å². The van der Waals surface area contributed by atoms with Crippen molar-refractivity contribution in [3.05, 3.63) is 18.3 Å². The molecule has 2 aromatic rings. The minimum absolute atomic E-state index is 0.398. The van der Waals surface area contributed by atoms with E-state index in [-0.39, 0.29) is 0 Å². The van der Waals surface area contributed by atoms with Crippen LogP contribution in [0.15, 0.2) is 18.3 Å². The third kappa shape index (κ3) is 1.88. The van der Waals surface area contributed by atoms with Crippen molar-refractivity contribution in [1.29, 1.82) is 0 Å². The van der Waals surface area contributed by atoms with Gasteiger partial charge in [-0.15, -0.1) is 0 Å². The number of pyridine rings is 1. The van der Waals surface area contributed by atoms with Gasteiger partial charge >= 0.3 is 5.97 Å². The molecule has 1 fully saturated rings. The highest BCUT2D eigenvalue weighted by Gasteiger charge is 2.26. The zero-order valence-corrected chi connectivity index (χ0v) is 9.63. The predicted octanol–water partition coefficient (Wildman–Crippen LogP) is -0.179. The number of hydrogen-bond acceptors (Lipinski definition) is 5. The first-order chi connectivity index (χ1) is 8.74. The van der Waals surface area contributed by atoms with Crippen LogP contribution in [0.25, 0.3) is 11.2 Å². The second kappa shape index (κ2) is 4.26. The summed E-state index contributed by atoms with van der Waals surface area (Å²) in [6, 6.07) is 3.18. The Morgan fingerprint density at radius 1 is 1.56 bits per heavy atom. The summed E-state index contributed by atoms with van der Waals surface area (Å²) >= 11 is 0. The Kier molecular flexibility index (Phi) is 2.60. The molecule has 18 heavy (non-hydrogen) atoms. The minimum atomic E-state index is -0.839. The number of nitrogens with zero attached hydrogens (tertiary/aromatic N) is 3. The van der Waals surface area contributed by atoms with Crippen molar-refractivity contribution >= 4 is 23.1 Å². The molecule has 0 saturated carbocycles. The fourth-order valence-corrected chi connectivity index (χ4v) is 2.09. The number of rotatable bonds is 2. The van der Waals surface area contributed by atoms with Crippen molar-refractivity contribution in [2.45, 2.75) is 6.04 Å². The molecule has 0 radical (unpaired) electrons. The largest absolute Gasteiger partial charge is 0.480 e. The second-order valence-electron chi connectivity index (χ2n) is 4.23. The Morgan fingerprint density at radius 3 is 3.22 bits per heavy atom. The number of carboxylic acids is 1. The zero-order valence-electron chi connectivity index (χ0n) is 9.63. The number of H-pyrrole nitrogens is 1. The molecule has 3 N–H and O–H groups in total. The van der Waals surface area contributed by atoms with Crippen molar-refractivity contribution in [1.82, 2.24) is 20.3 Å². The molecule has 0 amide bonds. The molecule has 1 aliphatic heterocycles. The van der Waals surface area contributed by atoms with Crippen LogP contribution in [0.4, 0.5) is 5.95 Å². The van der Waals surface area contributed by atoms with Crippen molar-refractivity contribution in [2.75, 3.05) is 24.5 Å². The van der Waals surface area contributed by atoms with E-state index in [0.717, 1.165) is 12.1 Å². The van der Waals surface area contributed by atoms with Gasteiger partial charge in [-0.05, 0) is 12.1 Å². The molecule has 1 atom stereocenters. The number of hydrogen-bond donors (Lipinski definition) is 3. The fourth-order valence-electron chi connectivity index (χ4n) is 2.09. The molecule has 0 aliphatic carbocycles. The number of aromatic nitrogens is 3. The lowest BCUT2D eigenvalue weighted by molar-refractivity contribution is -0.139. The lowest BCUT2D eigenvalue weighted by Crippen LogP contribution is -2.54. The number of imidazole rings is 1. The standard InChI is InChI=1S/C11H13N5O2/c17-10(18)8-6-16(5-4-12-8)11-14-7-2-1-3-13-9(7)15-11/h1-3,8,12H,4-6H2,(H,17,18)(H,13,14,15)/t8-/m1/s1. The summed E-state index contributed by atoms with van der Waals surface area (Å²) in [6.07, 6.45) is 1.69. The summed E-state index contributed by atoms with van der Waals surface area (Å²) in [6.45, 7) is 1.75. The summed E-state index contributed by atoms with van der Waals surface area (Å²) in [7, 11) is 0. The van der Waals surface area contributed by atoms with Gasteiger partial charge in [0.2, 0.25) is 5.95 Å². The number of carbonyl (C=O) groups is 1. The predicted molar refractivity (Wildman–Crippen MR) is 65.5 cm³/mol. The quantitative estimate of drug-likeness (QED) is 0.681. The first-order valence-electron chi connectivity index (χ1n) is 5.76. The monoisotopic (exact) mass is 247 g/mol. The Balaban J connectivity index is 1.87. The van der Waals surface area contributed by atoms with Gasteiger partial charge in [-0.1, -0.05) is 0 Å². The van der Waals surface area contributed by atoms with Crippen LogP contribution < -0.4 is 10.2 Å². The number of nitrogens with one attached hydrogen (secondary N) is 2. The van der Waals surface area contributed by atoms with Gasteiger partial charge < -0.3 is 20.3 Å². The average molecular weight is 247 g/mol. The van der Waals surface area contributed by atoms with Crippen molar-refractivity contribution < 1.29 is 9.90 Å². The van der Waals surface area contributed by atoms with E-state index in [1.165, 1.54) is 0 Å². The van der Waals surface area contributed by atoms with E-state index in [9.17, 15) is 4.79 Å². The summed E-state index contributed by atoms with van der Waals surface area (Å²) in [5.41, 5.74) is 1.51. The normalized spacial score (nSPS) is 20.2.